The first-order valence-electron chi connectivity index (χ1n) is 16.7. The average Bonchev–Trinajstić information content (AvgIpc) is 3.69. The molecular formula is C32H52O6. The standard InChI is InChI=1S/C32H52O6/c33-27-28(26-21-34-31(36-26,22-13-5-1-6-14-22)23-15-7-2-8-16-23)35-30-29(27)37-32(38-30,24-17-9-3-10-18-24)25-19-11-4-12-20-25/h22-30,33H,1-21H2/t26-,27+,28-,29-,30-/m1/s1. The van der Waals surface area contributed by atoms with Crippen LogP contribution in [0.15, 0.2) is 0 Å². The van der Waals surface area contributed by atoms with E-state index in [4.69, 9.17) is 23.7 Å². The second kappa shape index (κ2) is 11.2. The summed E-state index contributed by atoms with van der Waals surface area (Å²) in [5.41, 5.74) is 0. The molecule has 7 fully saturated rings. The van der Waals surface area contributed by atoms with Gasteiger partial charge in [-0.25, -0.2) is 0 Å². The van der Waals surface area contributed by atoms with E-state index in [1.807, 2.05) is 0 Å². The van der Waals surface area contributed by atoms with Crippen molar-refractivity contribution in [2.45, 2.75) is 171 Å². The molecule has 0 amide bonds. The summed E-state index contributed by atoms with van der Waals surface area (Å²) in [4.78, 5) is 0. The Balaban J connectivity index is 1.08. The van der Waals surface area contributed by atoms with Crippen LogP contribution in [-0.2, 0) is 23.7 Å². The Hall–Kier alpha value is -0.240. The Morgan fingerprint density at radius 1 is 0.474 bits per heavy atom. The number of aliphatic hydroxyl groups is 1. The summed E-state index contributed by atoms with van der Waals surface area (Å²) in [7, 11) is 0. The summed E-state index contributed by atoms with van der Waals surface area (Å²) < 4.78 is 34.2. The van der Waals surface area contributed by atoms with Crippen LogP contribution in [0.2, 0.25) is 0 Å². The average molecular weight is 533 g/mol. The molecule has 1 N–H and O–H groups in total. The van der Waals surface area contributed by atoms with Crippen molar-refractivity contribution in [3.63, 3.8) is 0 Å². The highest BCUT2D eigenvalue weighted by molar-refractivity contribution is 5.04. The second-order valence-electron chi connectivity index (χ2n) is 13.9. The van der Waals surface area contributed by atoms with Crippen molar-refractivity contribution in [1.29, 1.82) is 0 Å². The molecule has 3 heterocycles. The van der Waals surface area contributed by atoms with E-state index in [0.717, 1.165) is 0 Å². The molecule has 0 aromatic carbocycles. The van der Waals surface area contributed by atoms with Gasteiger partial charge in [0.15, 0.2) is 17.9 Å². The maximum absolute atomic E-state index is 11.7. The van der Waals surface area contributed by atoms with Gasteiger partial charge in [0.05, 0.1) is 6.61 Å². The zero-order chi connectivity index (χ0) is 25.6. The highest BCUT2D eigenvalue weighted by atomic mass is 16.8. The van der Waals surface area contributed by atoms with Gasteiger partial charge in [-0.15, -0.1) is 0 Å². The van der Waals surface area contributed by atoms with Crippen molar-refractivity contribution in [1.82, 2.24) is 0 Å². The molecule has 3 aliphatic heterocycles. The fourth-order valence-corrected chi connectivity index (χ4v) is 9.79. The van der Waals surface area contributed by atoms with Crippen LogP contribution in [0.5, 0.6) is 0 Å². The number of aliphatic hydroxyl groups excluding tert-OH is 1. The highest BCUT2D eigenvalue weighted by Gasteiger charge is 2.65. The van der Waals surface area contributed by atoms with E-state index in [1.165, 1.54) is 128 Å². The normalized spacial score (nSPS) is 41.4. The van der Waals surface area contributed by atoms with E-state index in [2.05, 4.69) is 0 Å². The molecule has 6 nitrogen and oxygen atoms in total. The summed E-state index contributed by atoms with van der Waals surface area (Å²) in [6, 6.07) is 0. The van der Waals surface area contributed by atoms with Crippen molar-refractivity contribution in [3.8, 4) is 0 Å². The molecule has 0 spiro atoms. The third kappa shape index (κ3) is 4.61. The number of ether oxygens (including phenoxy) is 5. The van der Waals surface area contributed by atoms with Gasteiger partial charge in [-0.05, 0) is 51.4 Å². The first kappa shape index (κ1) is 26.6. The van der Waals surface area contributed by atoms with Gasteiger partial charge in [0, 0.05) is 23.7 Å². The van der Waals surface area contributed by atoms with Gasteiger partial charge < -0.3 is 28.8 Å². The lowest BCUT2D eigenvalue weighted by molar-refractivity contribution is -0.301. The minimum absolute atomic E-state index is 0.259. The Kier molecular flexibility index (Phi) is 7.86. The second-order valence-corrected chi connectivity index (χ2v) is 13.9. The van der Waals surface area contributed by atoms with Crippen molar-refractivity contribution < 1.29 is 28.8 Å². The molecule has 5 atom stereocenters. The zero-order valence-electron chi connectivity index (χ0n) is 23.5. The Morgan fingerprint density at radius 2 is 0.921 bits per heavy atom. The molecule has 216 valence electrons. The first-order chi connectivity index (χ1) is 18.7. The van der Waals surface area contributed by atoms with Gasteiger partial charge in [-0.2, -0.15) is 0 Å². The summed E-state index contributed by atoms with van der Waals surface area (Å²) in [6.07, 6.45) is 22.5. The van der Waals surface area contributed by atoms with Gasteiger partial charge in [0.1, 0.15) is 24.4 Å². The molecule has 4 saturated carbocycles. The largest absolute Gasteiger partial charge is 0.387 e. The van der Waals surface area contributed by atoms with E-state index >= 15 is 0 Å². The number of hydrogen-bond donors (Lipinski definition) is 1. The van der Waals surface area contributed by atoms with Crippen LogP contribution in [-0.4, -0.2) is 54.0 Å². The molecule has 0 aromatic rings. The lowest BCUT2D eigenvalue weighted by Crippen LogP contribution is -2.52. The Morgan fingerprint density at radius 3 is 1.37 bits per heavy atom. The van der Waals surface area contributed by atoms with E-state index in [0.29, 0.717) is 30.3 Å². The van der Waals surface area contributed by atoms with Crippen LogP contribution >= 0.6 is 0 Å². The quantitative estimate of drug-likeness (QED) is 0.429. The van der Waals surface area contributed by atoms with Crippen molar-refractivity contribution >= 4 is 0 Å². The molecule has 7 aliphatic rings. The van der Waals surface area contributed by atoms with Crippen molar-refractivity contribution in [2.75, 3.05) is 6.61 Å². The van der Waals surface area contributed by atoms with Crippen LogP contribution < -0.4 is 0 Å². The predicted octanol–water partition coefficient (Wildman–Crippen LogP) is 6.62. The Bertz CT molecular complexity index is 743. The van der Waals surface area contributed by atoms with E-state index in [9.17, 15) is 5.11 Å². The van der Waals surface area contributed by atoms with Gasteiger partial charge >= 0.3 is 0 Å². The summed E-state index contributed by atoms with van der Waals surface area (Å²) in [5, 5.41) is 11.7. The van der Waals surface area contributed by atoms with Crippen LogP contribution in [0.4, 0.5) is 0 Å². The third-order valence-electron chi connectivity index (χ3n) is 11.7. The molecule has 0 bridgehead atoms. The maximum atomic E-state index is 11.7. The third-order valence-corrected chi connectivity index (χ3v) is 11.7. The molecule has 0 radical (unpaired) electrons. The minimum atomic E-state index is -0.740. The fraction of sp³-hybridized carbons (Fsp3) is 1.00. The first-order valence-corrected chi connectivity index (χ1v) is 16.7. The van der Waals surface area contributed by atoms with Crippen LogP contribution in [0.3, 0.4) is 0 Å². The monoisotopic (exact) mass is 532 g/mol. The summed E-state index contributed by atoms with van der Waals surface area (Å²) in [5.74, 6) is 0.664. The zero-order valence-corrected chi connectivity index (χ0v) is 23.5. The summed E-state index contributed by atoms with van der Waals surface area (Å²) in [6.45, 7) is 0.505. The lowest BCUT2D eigenvalue weighted by atomic mass is 9.72. The fourth-order valence-electron chi connectivity index (χ4n) is 9.79. The molecule has 3 saturated heterocycles. The van der Waals surface area contributed by atoms with Crippen molar-refractivity contribution in [3.05, 3.63) is 0 Å². The summed E-state index contributed by atoms with van der Waals surface area (Å²) >= 11 is 0. The van der Waals surface area contributed by atoms with Crippen LogP contribution in [0.1, 0.15) is 128 Å². The van der Waals surface area contributed by atoms with Gasteiger partial charge in [-0.1, -0.05) is 77.0 Å². The number of rotatable bonds is 5. The minimum Gasteiger partial charge on any atom is -0.387 e. The molecular weight excluding hydrogens is 480 g/mol. The van der Waals surface area contributed by atoms with E-state index < -0.39 is 36.2 Å². The van der Waals surface area contributed by atoms with E-state index in [-0.39, 0.29) is 6.10 Å². The Labute approximate surface area is 229 Å². The predicted molar refractivity (Wildman–Crippen MR) is 143 cm³/mol. The van der Waals surface area contributed by atoms with E-state index in [1.54, 1.807) is 0 Å². The number of hydrogen-bond acceptors (Lipinski definition) is 6. The molecule has 7 rings (SSSR count). The topological polar surface area (TPSA) is 66.4 Å². The van der Waals surface area contributed by atoms with Crippen LogP contribution in [0, 0.1) is 23.7 Å². The van der Waals surface area contributed by atoms with Crippen LogP contribution in [0.25, 0.3) is 0 Å². The molecule has 4 aliphatic carbocycles. The molecule has 6 heteroatoms. The highest BCUT2D eigenvalue weighted by Crippen LogP contribution is 2.55. The van der Waals surface area contributed by atoms with Gasteiger partial charge in [0.2, 0.25) is 0 Å². The maximum Gasteiger partial charge on any atom is 0.190 e. The SMILES string of the molecule is O[C@@H]1[C@H]2OC(C3CCCCC3)(C3CCCCC3)O[C@H]2O[C@@H]1[C@H]1COC(C2CCCCC2)(C2CCCCC2)O1. The lowest BCUT2D eigenvalue weighted by Gasteiger charge is -2.46. The molecule has 0 aromatic heterocycles. The molecule has 38 heavy (non-hydrogen) atoms. The van der Waals surface area contributed by atoms with Gasteiger partial charge in [0.25, 0.3) is 0 Å². The smallest absolute Gasteiger partial charge is 0.190 e. The van der Waals surface area contributed by atoms with Gasteiger partial charge in [-0.3, -0.25) is 0 Å². The number of fused-ring (bicyclic) bond motifs is 1. The molecule has 0 unspecified atom stereocenters. The van der Waals surface area contributed by atoms with Crippen molar-refractivity contribution in [2.24, 2.45) is 23.7 Å².